The number of ketones is 1. The maximum atomic E-state index is 13.4. The Kier molecular flexibility index (Phi) is 4.35. The van der Waals surface area contributed by atoms with Crippen molar-refractivity contribution in [1.29, 1.82) is 0 Å². The molecule has 0 spiro atoms. The van der Waals surface area contributed by atoms with Gasteiger partial charge in [0.1, 0.15) is 5.82 Å². The van der Waals surface area contributed by atoms with Crippen molar-refractivity contribution in [3.63, 3.8) is 0 Å². The van der Waals surface area contributed by atoms with E-state index in [0.29, 0.717) is 17.6 Å². The zero-order valence-electron chi connectivity index (χ0n) is 15.7. The molecule has 2 atom stereocenters. The van der Waals surface area contributed by atoms with Gasteiger partial charge in [0.2, 0.25) is 0 Å². The highest BCUT2D eigenvalue weighted by atomic mass is 19.1. The van der Waals surface area contributed by atoms with Crippen LogP contribution in [0.15, 0.2) is 42.5 Å². The lowest BCUT2D eigenvalue weighted by Crippen LogP contribution is -2.38. The molecule has 1 aliphatic heterocycles. The summed E-state index contributed by atoms with van der Waals surface area (Å²) in [7, 11) is 0. The van der Waals surface area contributed by atoms with Crippen LogP contribution in [0, 0.1) is 17.7 Å². The van der Waals surface area contributed by atoms with Gasteiger partial charge in [-0.3, -0.25) is 9.69 Å². The Balaban J connectivity index is 1.29. The molecule has 5 rings (SSSR count). The molecule has 27 heavy (non-hydrogen) atoms. The summed E-state index contributed by atoms with van der Waals surface area (Å²) in [6, 6.07) is 13.3. The van der Waals surface area contributed by atoms with E-state index in [2.05, 4.69) is 23.1 Å². The van der Waals surface area contributed by atoms with Crippen LogP contribution in [0.25, 0.3) is 0 Å². The monoisotopic (exact) mass is 363 g/mol. The van der Waals surface area contributed by atoms with E-state index < -0.39 is 0 Å². The van der Waals surface area contributed by atoms with Crippen LogP contribution in [0.2, 0.25) is 0 Å². The van der Waals surface area contributed by atoms with Gasteiger partial charge in [-0.05, 0) is 85.9 Å². The van der Waals surface area contributed by atoms with Crippen molar-refractivity contribution in [3.05, 3.63) is 70.5 Å². The molecule has 0 saturated carbocycles. The van der Waals surface area contributed by atoms with Gasteiger partial charge in [-0.15, -0.1) is 0 Å². The van der Waals surface area contributed by atoms with Crippen molar-refractivity contribution >= 4 is 5.78 Å². The van der Waals surface area contributed by atoms with Crippen LogP contribution in [-0.2, 0) is 13.0 Å². The fourth-order valence-corrected chi connectivity index (χ4v) is 5.77. The summed E-state index contributed by atoms with van der Waals surface area (Å²) in [4.78, 5) is 15.6. The predicted octanol–water partition coefficient (Wildman–Crippen LogP) is 4.97. The van der Waals surface area contributed by atoms with Crippen molar-refractivity contribution in [3.8, 4) is 0 Å². The molecular weight excluding hydrogens is 337 g/mol. The highest BCUT2D eigenvalue weighted by Gasteiger charge is 2.46. The lowest BCUT2D eigenvalue weighted by Gasteiger charge is -2.37. The Bertz CT molecular complexity index is 868. The molecule has 2 aliphatic carbocycles. The molecular formula is C24H26FNO. The first-order valence-corrected chi connectivity index (χ1v) is 10.3. The molecule has 0 amide bonds. The maximum Gasteiger partial charge on any atom is 0.167 e. The van der Waals surface area contributed by atoms with E-state index in [-0.39, 0.29) is 11.7 Å². The molecule has 2 unspecified atom stereocenters. The maximum absolute atomic E-state index is 13.4. The number of nitrogens with zero attached hydrogens (tertiary/aromatic N) is 1. The highest BCUT2D eigenvalue weighted by Crippen LogP contribution is 2.50. The van der Waals surface area contributed by atoms with Crippen molar-refractivity contribution in [2.75, 3.05) is 13.1 Å². The second-order valence-corrected chi connectivity index (χ2v) is 8.51. The average Bonchev–Trinajstić information content (AvgIpc) is 2.97. The Morgan fingerprint density at radius 2 is 1.85 bits per heavy atom. The third kappa shape index (κ3) is 3.02. The zero-order valence-corrected chi connectivity index (χ0v) is 15.7. The van der Waals surface area contributed by atoms with Crippen LogP contribution in [-0.4, -0.2) is 23.8 Å². The Morgan fingerprint density at radius 3 is 2.67 bits per heavy atom. The fourth-order valence-electron chi connectivity index (χ4n) is 5.77. The smallest absolute Gasteiger partial charge is 0.167 e. The minimum absolute atomic E-state index is 0.162. The number of aryl methyl sites for hydroxylation is 1. The normalized spacial score (nSPS) is 25.6. The van der Waals surface area contributed by atoms with Gasteiger partial charge >= 0.3 is 0 Å². The third-order valence-electron chi connectivity index (χ3n) is 6.97. The molecule has 1 saturated heterocycles. The zero-order chi connectivity index (χ0) is 18.4. The summed E-state index contributed by atoms with van der Waals surface area (Å²) >= 11 is 0. The molecule has 2 aromatic carbocycles. The second-order valence-electron chi connectivity index (χ2n) is 8.51. The summed E-state index contributed by atoms with van der Waals surface area (Å²) in [5, 5.41) is 0. The first-order valence-electron chi connectivity index (χ1n) is 10.3. The van der Waals surface area contributed by atoms with Crippen LogP contribution < -0.4 is 0 Å². The number of likely N-dealkylation sites (tertiary alicyclic amines) is 1. The van der Waals surface area contributed by atoms with Gasteiger partial charge in [0.25, 0.3) is 0 Å². The molecule has 3 aliphatic rings. The van der Waals surface area contributed by atoms with Crippen molar-refractivity contribution in [1.82, 2.24) is 4.90 Å². The van der Waals surface area contributed by atoms with Crippen molar-refractivity contribution < 1.29 is 9.18 Å². The summed E-state index contributed by atoms with van der Waals surface area (Å²) in [5.74, 6) is 1.38. The number of piperidine rings is 1. The number of carbonyl (C=O) groups is 1. The summed E-state index contributed by atoms with van der Waals surface area (Å²) in [6.07, 6.45) is 5.66. The number of hydrogen-bond acceptors (Lipinski definition) is 2. The number of Topliss-reactive ketones (excluding diaryl/α,β-unsaturated/α-hetero) is 1. The van der Waals surface area contributed by atoms with Gasteiger partial charge in [-0.2, -0.15) is 0 Å². The molecule has 140 valence electrons. The number of halogens is 1. The molecule has 2 nitrogen and oxygen atoms in total. The number of rotatable bonds is 3. The predicted molar refractivity (Wildman–Crippen MR) is 104 cm³/mol. The van der Waals surface area contributed by atoms with Crippen molar-refractivity contribution in [2.24, 2.45) is 11.8 Å². The minimum atomic E-state index is -0.162. The van der Waals surface area contributed by atoms with Crippen LogP contribution >= 0.6 is 0 Å². The average molecular weight is 363 g/mol. The van der Waals surface area contributed by atoms with Crippen LogP contribution in [0.1, 0.15) is 58.6 Å². The van der Waals surface area contributed by atoms with E-state index >= 15 is 0 Å². The molecule has 0 N–H and O–H groups in total. The van der Waals surface area contributed by atoms with E-state index in [0.717, 1.165) is 50.0 Å². The lowest BCUT2D eigenvalue weighted by molar-refractivity contribution is 0.0773. The van der Waals surface area contributed by atoms with Gasteiger partial charge in [0.05, 0.1) is 0 Å². The number of carbonyl (C=O) groups excluding carboxylic acids is 1. The van der Waals surface area contributed by atoms with Crippen LogP contribution in [0.3, 0.4) is 0 Å². The standard InChI is InChI=1S/C24H26FNO/c25-19-7-1-4-16(14-19)15-26-12-10-18(11-13-26)23-20-8-2-5-17-6-3-9-21(22(17)20)24(23)27/h1,3-4,6-7,9,14,18,20,23H,2,5,8,10-13,15H2. The van der Waals surface area contributed by atoms with Gasteiger partial charge in [0.15, 0.2) is 5.78 Å². The Morgan fingerprint density at radius 1 is 1.04 bits per heavy atom. The first kappa shape index (κ1) is 17.1. The molecule has 0 bridgehead atoms. The SMILES string of the molecule is O=C1c2cccc3c2C(CCC3)C1C1CCN(Cc2cccc(F)c2)CC1. The molecule has 2 aromatic rings. The lowest BCUT2D eigenvalue weighted by atomic mass is 9.72. The number of hydrogen-bond donors (Lipinski definition) is 0. The largest absolute Gasteiger partial charge is 0.299 e. The van der Waals surface area contributed by atoms with E-state index in [4.69, 9.17) is 0 Å². The van der Waals surface area contributed by atoms with E-state index in [1.807, 2.05) is 6.07 Å². The topological polar surface area (TPSA) is 20.3 Å². The minimum Gasteiger partial charge on any atom is -0.299 e. The summed E-state index contributed by atoms with van der Waals surface area (Å²) in [5.41, 5.74) is 4.86. The van der Waals surface area contributed by atoms with Gasteiger partial charge in [0, 0.05) is 18.0 Å². The van der Waals surface area contributed by atoms with Crippen LogP contribution in [0.5, 0.6) is 0 Å². The van der Waals surface area contributed by atoms with Gasteiger partial charge < -0.3 is 0 Å². The van der Waals surface area contributed by atoms with Crippen molar-refractivity contribution in [2.45, 2.75) is 44.6 Å². The molecule has 0 aromatic heterocycles. The van der Waals surface area contributed by atoms with Crippen LogP contribution in [0.4, 0.5) is 4.39 Å². The molecule has 1 heterocycles. The van der Waals surface area contributed by atoms with E-state index in [9.17, 15) is 9.18 Å². The summed E-state index contributed by atoms with van der Waals surface area (Å²) in [6.45, 7) is 2.80. The Labute approximate surface area is 160 Å². The van der Waals surface area contributed by atoms with Gasteiger partial charge in [-0.25, -0.2) is 4.39 Å². The molecule has 0 radical (unpaired) electrons. The van der Waals surface area contributed by atoms with E-state index in [1.165, 1.54) is 30.0 Å². The van der Waals surface area contributed by atoms with E-state index in [1.54, 1.807) is 12.1 Å². The highest BCUT2D eigenvalue weighted by molar-refractivity contribution is 6.03. The third-order valence-corrected chi connectivity index (χ3v) is 6.97. The fraction of sp³-hybridized carbons (Fsp3) is 0.458. The molecule has 1 fully saturated rings. The number of benzene rings is 2. The van der Waals surface area contributed by atoms with Gasteiger partial charge in [-0.1, -0.05) is 30.3 Å². The molecule has 3 heteroatoms. The Hall–Kier alpha value is -2.00. The first-order chi connectivity index (χ1) is 13.2. The second kappa shape index (κ2) is 6.87. The quantitative estimate of drug-likeness (QED) is 0.767. The summed E-state index contributed by atoms with van der Waals surface area (Å²) < 4.78 is 13.4.